The van der Waals surface area contributed by atoms with E-state index < -0.39 is 0 Å². The van der Waals surface area contributed by atoms with E-state index in [-0.39, 0.29) is 12.0 Å². The van der Waals surface area contributed by atoms with Crippen LogP contribution < -0.4 is 0 Å². The summed E-state index contributed by atoms with van der Waals surface area (Å²) in [5.74, 6) is 2.03. The molecule has 1 aromatic rings. The summed E-state index contributed by atoms with van der Waals surface area (Å²) in [4.78, 5) is 4.28. The van der Waals surface area contributed by atoms with E-state index in [0.29, 0.717) is 25.0 Å². The van der Waals surface area contributed by atoms with Gasteiger partial charge in [-0.2, -0.15) is 4.98 Å². The van der Waals surface area contributed by atoms with Crippen LogP contribution in [0.25, 0.3) is 0 Å². The van der Waals surface area contributed by atoms with Gasteiger partial charge in [0, 0.05) is 12.5 Å². The summed E-state index contributed by atoms with van der Waals surface area (Å²) in [6.07, 6.45) is 4.37. The highest BCUT2D eigenvalue weighted by Gasteiger charge is 2.21. The minimum absolute atomic E-state index is 0.266. The van der Waals surface area contributed by atoms with Gasteiger partial charge in [0.1, 0.15) is 6.61 Å². The number of aliphatic hydroxyl groups is 1. The van der Waals surface area contributed by atoms with Crippen molar-refractivity contribution in [1.29, 1.82) is 0 Å². The summed E-state index contributed by atoms with van der Waals surface area (Å²) < 4.78 is 10.9. The first kappa shape index (κ1) is 13.5. The molecule has 2 rings (SSSR count). The van der Waals surface area contributed by atoms with Crippen molar-refractivity contribution in [1.82, 2.24) is 10.1 Å². The first-order chi connectivity index (χ1) is 8.69. The second kappa shape index (κ2) is 6.29. The summed E-state index contributed by atoms with van der Waals surface area (Å²) >= 11 is 0. The molecule has 5 heteroatoms. The average Bonchev–Trinajstić information content (AvgIpc) is 2.86. The molecule has 0 amide bonds. The van der Waals surface area contributed by atoms with E-state index in [2.05, 4.69) is 10.1 Å². The molecule has 5 nitrogen and oxygen atoms in total. The van der Waals surface area contributed by atoms with Crippen molar-refractivity contribution in [2.75, 3.05) is 6.61 Å². The molecule has 1 aliphatic rings. The van der Waals surface area contributed by atoms with Crippen LogP contribution in [0.2, 0.25) is 0 Å². The van der Waals surface area contributed by atoms with Gasteiger partial charge in [-0.05, 0) is 31.6 Å². The van der Waals surface area contributed by atoms with E-state index in [0.717, 1.165) is 31.5 Å². The Balaban J connectivity index is 1.74. The van der Waals surface area contributed by atoms with Gasteiger partial charge in [0.2, 0.25) is 0 Å². The standard InChI is InChI=1S/C13H22N2O3/c1-9(2)13-14-12(18-15-13)8-17-11-5-3-10(7-16)4-6-11/h9-11,16H,3-8H2,1-2H3. The van der Waals surface area contributed by atoms with Crippen LogP contribution in [0.5, 0.6) is 0 Å². The van der Waals surface area contributed by atoms with Crippen molar-refractivity contribution in [3.63, 3.8) is 0 Å². The molecule has 18 heavy (non-hydrogen) atoms. The highest BCUT2D eigenvalue weighted by Crippen LogP contribution is 2.26. The average molecular weight is 254 g/mol. The fourth-order valence-electron chi connectivity index (χ4n) is 2.23. The summed E-state index contributed by atoms with van der Waals surface area (Å²) in [7, 11) is 0. The van der Waals surface area contributed by atoms with Gasteiger partial charge in [-0.3, -0.25) is 0 Å². The Morgan fingerprint density at radius 2 is 2.06 bits per heavy atom. The minimum atomic E-state index is 0.266. The summed E-state index contributed by atoms with van der Waals surface area (Å²) in [6, 6.07) is 0. The maximum atomic E-state index is 9.07. The Labute approximate surface area is 108 Å². The van der Waals surface area contributed by atoms with Gasteiger partial charge < -0.3 is 14.4 Å². The molecule has 0 spiro atoms. The maximum Gasteiger partial charge on any atom is 0.252 e. The smallest absolute Gasteiger partial charge is 0.252 e. The number of aromatic nitrogens is 2. The van der Waals surface area contributed by atoms with Crippen LogP contribution in [-0.4, -0.2) is 28.0 Å². The molecule has 0 radical (unpaired) electrons. The third-order valence-corrected chi connectivity index (χ3v) is 3.49. The van der Waals surface area contributed by atoms with Crippen molar-refractivity contribution in [3.05, 3.63) is 11.7 Å². The number of hydrogen-bond acceptors (Lipinski definition) is 5. The minimum Gasteiger partial charge on any atom is -0.396 e. The molecule has 1 saturated carbocycles. The molecule has 0 aromatic carbocycles. The molecular weight excluding hydrogens is 232 g/mol. The van der Waals surface area contributed by atoms with Gasteiger partial charge in [0.25, 0.3) is 5.89 Å². The summed E-state index contributed by atoms with van der Waals surface area (Å²) in [6.45, 7) is 4.76. The SMILES string of the molecule is CC(C)c1noc(COC2CCC(CO)CC2)n1. The quantitative estimate of drug-likeness (QED) is 0.873. The first-order valence-corrected chi connectivity index (χ1v) is 6.74. The number of ether oxygens (including phenoxy) is 1. The van der Waals surface area contributed by atoms with Gasteiger partial charge in [-0.25, -0.2) is 0 Å². The molecule has 1 fully saturated rings. The van der Waals surface area contributed by atoms with Crippen LogP contribution in [-0.2, 0) is 11.3 Å². The van der Waals surface area contributed by atoms with E-state index in [1.807, 2.05) is 13.8 Å². The lowest BCUT2D eigenvalue weighted by Gasteiger charge is -2.26. The van der Waals surface area contributed by atoms with Crippen molar-refractivity contribution in [3.8, 4) is 0 Å². The van der Waals surface area contributed by atoms with Gasteiger partial charge in [0.05, 0.1) is 6.10 Å². The predicted octanol–water partition coefficient (Wildman–Crippen LogP) is 2.26. The van der Waals surface area contributed by atoms with E-state index in [1.165, 1.54) is 0 Å². The molecule has 1 aliphatic carbocycles. The van der Waals surface area contributed by atoms with E-state index in [9.17, 15) is 0 Å². The van der Waals surface area contributed by atoms with Crippen LogP contribution >= 0.6 is 0 Å². The van der Waals surface area contributed by atoms with Crippen molar-refractivity contribution < 1.29 is 14.4 Å². The Morgan fingerprint density at radius 3 is 2.61 bits per heavy atom. The van der Waals surface area contributed by atoms with E-state index in [4.69, 9.17) is 14.4 Å². The zero-order valence-corrected chi connectivity index (χ0v) is 11.1. The lowest BCUT2D eigenvalue weighted by Crippen LogP contribution is -2.23. The Hall–Kier alpha value is -0.940. The number of aliphatic hydroxyl groups excluding tert-OH is 1. The van der Waals surface area contributed by atoms with Crippen LogP contribution in [0.15, 0.2) is 4.52 Å². The molecular formula is C13H22N2O3. The largest absolute Gasteiger partial charge is 0.396 e. The zero-order valence-electron chi connectivity index (χ0n) is 11.1. The number of rotatable bonds is 5. The Morgan fingerprint density at radius 1 is 1.33 bits per heavy atom. The van der Waals surface area contributed by atoms with Gasteiger partial charge >= 0.3 is 0 Å². The third-order valence-electron chi connectivity index (χ3n) is 3.49. The third kappa shape index (κ3) is 3.53. The van der Waals surface area contributed by atoms with Crippen LogP contribution in [0, 0.1) is 5.92 Å². The van der Waals surface area contributed by atoms with Crippen LogP contribution in [0.4, 0.5) is 0 Å². The molecule has 1 N–H and O–H groups in total. The first-order valence-electron chi connectivity index (χ1n) is 6.74. The van der Waals surface area contributed by atoms with Crippen LogP contribution in [0.3, 0.4) is 0 Å². The lowest BCUT2D eigenvalue weighted by molar-refractivity contribution is -0.00903. The predicted molar refractivity (Wildman–Crippen MR) is 66.0 cm³/mol. The monoisotopic (exact) mass is 254 g/mol. The molecule has 0 bridgehead atoms. The molecule has 0 unspecified atom stereocenters. The molecule has 102 valence electrons. The van der Waals surface area contributed by atoms with Crippen molar-refractivity contribution in [2.45, 2.75) is 58.2 Å². The normalized spacial score (nSPS) is 24.7. The maximum absolute atomic E-state index is 9.07. The molecule has 0 aliphatic heterocycles. The van der Waals surface area contributed by atoms with E-state index >= 15 is 0 Å². The Bertz CT molecular complexity index is 357. The fraction of sp³-hybridized carbons (Fsp3) is 0.846. The highest BCUT2D eigenvalue weighted by atomic mass is 16.5. The fourth-order valence-corrected chi connectivity index (χ4v) is 2.23. The van der Waals surface area contributed by atoms with Gasteiger partial charge in [-0.15, -0.1) is 0 Å². The molecule has 0 saturated heterocycles. The number of hydrogen-bond donors (Lipinski definition) is 1. The molecule has 1 heterocycles. The lowest BCUT2D eigenvalue weighted by atomic mass is 9.88. The second-order valence-corrected chi connectivity index (χ2v) is 5.34. The van der Waals surface area contributed by atoms with Gasteiger partial charge in [-0.1, -0.05) is 19.0 Å². The van der Waals surface area contributed by atoms with Crippen LogP contribution in [0.1, 0.15) is 57.2 Å². The second-order valence-electron chi connectivity index (χ2n) is 5.34. The summed E-state index contributed by atoms with van der Waals surface area (Å²) in [5.41, 5.74) is 0. The Kier molecular flexibility index (Phi) is 4.72. The topological polar surface area (TPSA) is 68.4 Å². The molecule has 1 aromatic heterocycles. The van der Waals surface area contributed by atoms with Gasteiger partial charge in [0.15, 0.2) is 5.82 Å². The van der Waals surface area contributed by atoms with E-state index in [1.54, 1.807) is 0 Å². The number of nitrogens with zero attached hydrogens (tertiary/aromatic N) is 2. The van der Waals surface area contributed by atoms with Crippen molar-refractivity contribution >= 4 is 0 Å². The summed E-state index contributed by atoms with van der Waals surface area (Å²) in [5, 5.41) is 13.0. The van der Waals surface area contributed by atoms with Crippen molar-refractivity contribution in [2.24, 2.45) is 5.92 Å². The zero-order chi connectivity index (χ0) is 13.0. The highest BCUT2D eigenvalue weighted by molar-refractivity contribution is 4.90. The molecule has 0 atom stereocenters.